The minimum atomic E-state index is 0.564. The van der Waals surface area contributed by atoms with Gasteiger partial charge in [-0.1, -0.05) is 18.2 Å². The molecule has 0 spiro atoms. The third-order valence-electron chi connectivity index (χ3n) is 3.82. The maximum atomic E-state index is 4.64. The number of aliphatic imine (C=N–C) groups is 1. The van der Waals surface area contributed by atoms with Crippen LogP contribution in [0.3, 0.4) is 0 Å². The van der Waals surface area contributed by atoms with E-state index in [9.17, 15) is 0 Å². The van der Waals surface area contributed by atoms with Gasteiger partial charge < -0.3 is 15.2 Å². The molecule has 2 aromatic rings. The van der Waals surface area contributed by atoms with Crippen molar-refractivity contribution in [3.8, 4) is 0 Å². The number of aryl methyl sites for hydroxylation is 1. The highest BCUT2D eigenvalue weighted by Gasteiger charge is 2.16. The SMILES string of the molecule is CCNC(=NCc1nnc2n1CCC2)NCCSc1ccccc1. The fourth-order valence-electron chi connectivity index (χ4n) is 2.67. The van der Waals surface area contributed by atoms with Crippen molar-refractivity contribution in [1.82, 2.24) is 25.4 Å². The minimum absolute atomic E-state index is 0.564. The molecule has 3 rings (SSSR count). The lowest BCUT2D eigenvalue weighted by atomic mass is 10.4. The molecular weight excluding hydrogens is 320 g/mol. The molecule has 0 atom stereocenters. The smallest absolute Gasteiger partial charge is 0.191 e. The largest absolute Gasteiger partial charge is 0.357 e. The predicted molar refractivity (Wildman–Crippen MR) is 98.3 cm³/mol. The molecular formula is C17H24N6S. The molecule has 0 saturated heterocycles. The van der Waals surface area contributed by atoms with Gasteiger partial charge in [-0.2, -0.15) is 0 Å². The van der Waals surface area contributed by atoms with E-state index >= 15 is 0 Å². The summed E-state index contributed by atoms with van der Waals surface area (Å²) >= 11 is 1.84. The van der Waals surface area contributed by atoms with E-state index in [4.69, 9.17) is 0 Å². The second-order valence-electron chi connectivity index (χ2n) is 5.57. The van der Waals surface area contributed by atoms with Gasteiger partial charge >= 0.3 is 0 Å². The Morgan fingerprint density at radius 3 is 2.96 bits per heavy atom. The predicted octanol–water partition coefficient (Wildman–Crippen LogP) is 2.07. The van der Waals surface area contributed by atoms with Crippen LogP contribution >= 0.6 is 11.8 Å². The number of nitrogens with one attached hydrogen (secondary N) is 2. The zero-order valence-corrected chi connectivity index (χ0v) is 14.9. The highest BCUT2D eigenvalue weighted by Crippen LogP contribution is 2.16. The molecule has 0 bridgehead atoms. The van der Waals surface area contributed by atoms with E-state index in [1.807, 2.05) is 17.8 Å². The highest BCUT2D eigenvalue weighted by molar-refractivity contribution is 7.99. The molecule has 7 heteroatoms. The first-order valence-electron chi connectivity index (χ1n) is 8.48. The third-order valence-corrected chi connectivity index (χ3v) is 4.83. The number of guanidine groups is 1. The van der Waals surface area contributed by atoms with Crippen molar-refractivity contribution in [1.29, 1.82) is 0 Å². The third kappa shape index (κ3) is 4.50. The Balaban J connectivity index is 1.48. The number of thioether (sulfide) groups is 1. The second kappa shape index (κ2) is 8.73. The molecule has 1 aromatic heterocycles. The summed E-state index contributed by atoms with van der Waals surface area (Å²) in [6, 6.07) is 10.4. The molecule has 0 radical (unpaired) electrons. The highest BCUT2D eigenvalue weighted by atomic mass is 32.2. The zero-order valence-electron chi connectivity index (χ0n) is 14.0. The van der Waals surface area contributed by atoms with Gasteiger partial charge in [0.15, 0.2) is 11.8 Å². The molecule has 24 heavy (non-hydrogen) atoms. The van der Waals surface area contributed by atoms with Gasteiger partial charge in [0.2, 0.25) is 0 Å². The second-order valence-corrected chi connectivity index (χ2v) is 6.74. The van der Waals surface area contributed by atoms with Gasteiger partial charge in [-0.25, -0.2) is 4.99 Å². The lowest BCUT2D eigenvalue weighted by molar-refractivity contribution is 0.685. The molecule has 1 aliphatic rings. The number of rotatable bonds is 7. The van der Waals surface area contributed by atoms with Gasteiger partial charge in [-0.05, 0) is 25.5 Å². The van der Waals surface area contributed by atoms with Crippen molar-refractivity contribution in [2.45, 2.75) is 37.8 Å². The van der Waals surface area contributed by atoms with Crippen LogP contribution < -0.4 is 10.6 Å². The van der Waals surface area contributed by atoms with Gasteiger partial charge in [0.05, 0.1) is 0 Å². The fraction of sp³-hybridized carbons (Fsp3) is 0.471. The van der Waals surface area contributed by atoms with Crippen LogP contribution in [0.15, 0.2) is 40.2 Å². The van der Waals surface area contributed by atoms with E-state index in [0.717, 1.165) is 55.8 Å². The molecule has 0 fully saturated rings. The first-order chi connectivity index (χ1) is 11.9. The Hall–Kier alpha value is -2.02. The van der Waals surface area contributed by atoms with Gasteiger partial charge in [0.1, 0.15) is 12.4 Å². The Labute approximate surface area is 147 Å². The molecule has 0 saturated carbocycles. The molecule has 2 N–H and O–H groups in total. The van der Waals surface area contributed by atoms with Crippen LogP contribution in [0.4, 0.5) is 0 Å². The molecule has 0 amide bonds. The van der Waals surface area contributed by atoms with Crippen LogP contribution in [0.2, 0.25) is 0 Å². The summed E-state index contributed by atoms with van der Waals surface area (Å²) in [6.07, 6.45) is 2.20. The van der Waals surface area contributed by atoms with Crippen molar-refractivity contribution in [3.63, 3.8) is 0 Å². The summed E-state index contributed by atoms with van der Waals surface area (Å²) < 4.78 is 2.19. The summed E-state index contributed by atoms with van der Waals surface area (Å²) in [4.78, 5) is 5.93. The Morgan fingerprint density at radius 2 is 2.12 bits per heavy atom. The number of benzene rings is 1. The first kappa shape index (κ1) is 16.8. The van der Waals surface area contributed by atoms with Crippen molar-refractivity contribution < 1.29 is 0 Å². The fourth-order valence-corrected chi connectivity index (χ4v) is 3.46. The van der Waals surface area contributed by atoms with Crippen LogP contribution in [0.1, 0.15) is 25.0 Å². The van der Waals surface area contributed by atoms with E-state index in [-0.39, 0.29) is 0 Å². The quantitative estimate of drug-likeness (QED) is 0.348. The lowest BCUT2D eigenvalue weighted by Crippen LogP contribution is -2.38. The van der Waals surface area contributed by atoms with Crippen LogP contribution in [-0.4, -0.2) is 39.6 Å². The van der Waals surface area contributed by atoms with Crippen molar-refractivity contribution in [2.24, 2.45) is 4.99 Å². The van der Waals surface area contributed by atoms with E-state index in [1.165, 1.54) is 4.90 Å². The Kier molecular flexibility index (Phi) is 6.12. The average molecular weight is 344 g/mol. The molecule has 2 heterocycles. The Morgan fingerprint density at radius 1 is 1.25 bits per heavy atom. The zero-order chi connectivity index (χ0) is 16.6. The van der Waals surface area contributed by atoms with E-state index < -0.39 is 0 Å². The van der Waals surface area contributed by atoms with Crippen molar-refractivity contribution in [2.75, 3.05) is 18.8 Å². The van der Waals surface area contributed by atoms with E-state index in [2.05, 4.69) is 61.6 Å². The van der Waals surface area contributed by atoms with Gasteiger partial charge in [-0.3, -0.25) is 0 Å². The lowest BCUT2D eigenvalue weighted by Gasteiger charge is -2.11. The first-order valence-corrected chi connectivity index (χ1v) is 9.46. The van der Waals surface area contributed by atoms with Crippen LogP contribution in [0.5, 0.6) is 0 Å². The van der Waals surface area contributed by atoms with E-state index in [1.54, 1.807) is 0 Å². The summed E-state index contributed by atoms with van der Waals surface area (Å²) in [5, 5.41) is 15.1. The molecule has 1 aromatic carbocycles. The number of hydrogen-bond donors (Lipinski definition) is 2. The topological polar surface area (TPSA) is 67.1 Å². The molecule has 128 valence electrons. The number of fused-ring (bicyclic) bond motifs is 1. The van der Waals surface area contributed by atoms with Crippen LogP contribution in [0.25, 0.3) is 0 Å². The molecule has 6 nitrogen and oxygen atoms in total. The maximum absolute atomic E-state index is 4.64. The molecule has 0 unspecified atom stereocenters. The standard InChI is InChI=1S/C17H24N6S/c1-2-18-17(19-10-12-24-14-7-4-3-5-8-14)20-13-16-22-21-15-9-6-11-23(15)16/h3-5,7-8H,2,6,9-13H2,1H3,(H2,18,19,20). The van der Waals surface area contributed by atoms with Gasteiger partial charge in [0.25, 0.3) is 0 Å². The van der Waals surface area contributed by atoms with Gasteiger partial charge in [-0.15, -0.1) is 22.0 Å². The summed E-state index contributed by atoms with van der Waals surface area (Å²) in [5.41, 5.74) is 0. The van der Waals surface area contributed by atoms with Crippen LogP contribution in [-0.2, 0) is 19.5 Å². The summed E-state index contributed by atoms with van der Waals surface area (Å²) in [6.45, 7) is 5.36. The maximum Gasteiger partial charge on any atom is 0.191 e. The normalized spacial score (nSPS) is 13.8. The molecule has 0 aliphatic carbocycles. The summed E-state index contributed by atoms with van der Waals surface area (Å²) in [5.74, 6) is 3.88. The molecule has 1 aliphatic heterocycles. The number of nitrogens with zero attached hydrogens (tertiary/aromatic N) is 4. The van der Waals surface area contributed by atoms with Crippen molar-refractivity contribution >= 4 is 17.7 Å². The van der Waals surface area contributed by atoms with Crippen LogP contribution in [0, 0.1) is 0 Å². The van der Waals surface area contributed by atoms with Gasteiger partial charge in [0, 0.05) is 36.7 Å². The number of aromatic nitrogens is 3. The summed E-state index contributed by atoms with van der Waals surface area (Å²) in [7, 11) is 0. The van der Waals surface area contributed by atoms with E-state index in [0.29, 0.717) is 6.54 Å². The average Bonchev–Trinajstić information content (AvgIpc) is 3.21. The monoisotopic (exact) mass is 344 g/mol. The van der Waals surface area contributed by atoms with Crippen molar-refractivity contribution in [3.05, 3.63) is 42.0 Å². The Bertz CT molecular complexity index is 667. The number of hydrogen-bond acceptors (Lipinski definition) is 4. The minimum Gasteiger partial charge on any atom is -0.357 e.